The summed E-state index contributed by atoms with van der Waals surface area (Å²) in [5, 5.41) is 3.12. The fraction of sp³-hybridized carbons (Fsp3) is 0.562. The smallest absolute Gasteiger partial charge is 0.406 e. The van der Waals surface area contributed by atoms with E-state index in [0.29, 0.717) is 24.6 Å². The van der Waals surface area contributed by atoms with E-state index in [-0.39, 0.29) is 24.1 Å². The van der Waals surface area contributed by atoms with E-state index in [0.717, 1.165) is 25.8 Å². The Morgan fingerprint density at radius 3 is 2.33 bits per heavy atom. The van der Waals surface area contributed by atoms with Gasteiger partial charge < -0.3 is 15.0 Å². The number of nitrogens with zero attached hydrogens (tertiary/aromatic N) is 1. The lowest BCUT2D eigenvalue weighted by atomic mass is 9.93. The van der Waals surface area contributed by atoms with Gasteiger partial charge in [0.05, 0.1) is 0 Å². The molecule has 1 amide bonds. The molecule has 4 nitrogen and oxygen atoms in total. The Hall–Kier alpha value is -1.47. The number of halogens is 4. The van der Waals surface area contributed by atoms with E-state index in [9.17, 15) is 18.0 Å². The topological polar surface area (TPSA) is 41.6 Å². The molecule has 0 atom stereocenters. The minimum atomic E-state index is -4.72. The first-order chi connectivity index (χ1) is 10.9. The van der Waals surface area contributed by atoms with Crippen molar-refractivity contribution in [3.8, 4) is 5.75 Å². The van der Waals surface area contributed by atoms with Crippen LogP contribution < -0.4 is 10.1 Å². The molecule has 0 unspecified atom stereocenters. The predicted molar refractivity (Wildman–Crippen MR) is 87.5 cm³/mol. The van der Waals surface area contributed by atoms with Crippen LogP contribution in [0.25, 0.3) is 0 Å². The Morgan fingerprint density at radius 2 is 1.83 bits per heavy atom. The van der Waals surface area contributed by atoms with E-state index < -0.39 is 6.36 Å². The Balaban J connectivity index is 0.00000288. The quantitative estimate of drug-likeness (QED) is 0.867. The van der Waals surface area contributed by atoms with E-state index in [2.05, 4.69) is 10.1 Å². The number of amides is 1. The SMILES string of the molecule is CNCCC1CCN(C(=O)c2ccc(OC(F)(F)F)cc2)CC1.Cl. The van der Waals surface area contributed by atoms with Crippen molar-refractivity contribution in [2.45, 2.75) is 25.6 Å². The number of piperidine rings is 1. The standard InChI is InChI=1S/C16H21F3N2O2.ClH/c1-20-9-6-12-7-10-21(11-8-12)15(22)13-2-4-14(5-3-13)23-16(17,18)19;/h2-5,12,20H,6-11H2,1H3;1H. The molecule has 1 aromatic carbocycles. The summed E-state index contributed by atoms with van der Waals surface area (Å²) in [4.78, 5) is 14.1. The van der Waals surface area contributed by atoms with Gasteiger partial charge in [0.15, 0.2) is 0 Å². The summed E-state index contributed by atoms with van der Waals surface area (Å²) >= 11 is 0. The van der Waals surface area contributed by atoms with Gasteiger partial charge in [0, 0.05) is 18.7 Å². The number of likely N-dealkylation sites (tertiary alicyclic amines) is 1. The maximum absolute atomic E-state index is 12.4. The van der Waals surface area contributed by atoms with Gasteiger partial charge in [0.2, 0.25) is 0 Å². The number of rotatable bonds is 5. The molecule has 1 saturated heterocycles. The van der Waals surface area contributed by atoms with Crippen molar-refractivity contribution in [1.29, 1.82) is 0 Å². The molecule has 24 heavy (non-hydrogen) atoms. The van der Waals surface area contributed by atoms with Crippen LogP contribution in [0, 0.1) is 5.92 Å². The molecule has 136 valence electrons. The van der Waals surface area contributed by atoms with Crippen molar-refractivity contribution >= 4 is 18.3 Å². The minimum absolute atomic E-state index is 0. The average molecular weight is 367 g/mol. The van der Waals surface area contributed by atoms with Gasteiger partial charge in [0.25, 0.3) is 5.91 Å². The minimum Gasteiger partial charge on any atom is -0.406 e. The number of carbonyl (C=O) groups excluding carboxylic acids is 1. The van der Waals surface area contributed by atoms with Crippen LogP contribution in [0.5, 0.6) is 5.75 Å². The van der Waals surface area contributed by atoms with Crippen molar-refractivity contribution in [2.24, 2.45) is 5.92 Å². The third-order valence-corrected chi connectivity index (χ3v) is 4.04. The average Bonchev–Trinajstić information content (AvgIpc) is 2.52. The van der Waals surface area contributed by atoms with Gasteiger partial charge in [-0.1, -0.05) is 0 Å². The summed E-state index contributed by atoms with van der Waals surface area (Å²) in [7, 11) is 1.92. The first-order valence-corrected chi connectivity index (χ1v) is 7.69. The number of alkyl halides is 3. The van der Waals surface area contributed by atoms with Crippen LogP contribution in [0.15, 0.2) is 24.3 Å². The van der Waals surface area contributed by atoms with E-state index in [1.165, 1.54) is 24.3 Å². The van der Waals surface area contributed by atoms with Crippen LogP contribution in [-0.4, -0.2) is 43.9 Å². The molecule has 0 aliphatic carbocycles. The summed E-state index contributed by atoms with van der Waals surface area (Å²) in [6.07, 6.45) is -1.70. The van der Waals surface area contributed by atoms with Crippen molar-refractivity contribution < 1.29 is 22.7 Å². The molecule has 0 radical (unpaired) electrons. The molecule has 1 aliphatic rings. The first kappa shape index (κ1) is 20.6. The van der Waals surface area contributed by atoms with Crippen LogP contribution in [0.4, 0.5) is 13.2 Å². The lowest BCUT2D eigenvalue weighted by molar-refractivity contribution is -0.274. The molecule has 1 aliphatic heterocycles. The lowest BCUT2D eigenvalue weighted by Crippen LogP contribution is -2.38. The van der Waals surface area contributed by atoms with Gasteiger partial charge in [-0.3, -0.25) is 4.79 Å². The zero-order chi connectivity index (χ0) is 16.9. The van der Waals surface area contributed by atoms with Crippen molar-refractivity contribution in [1.82, 2.24) is 10.2 Å². The monoisotopic (exact) mass is 366 g/mol. The number of nitrogens with one attached hydrogen (secondary N) is 1. The maximum Gasteiger partial charge on any atom is 0.573 e. The van der Waals surface area contributed by atoms with Gasteiger partial charge in [-0.15, -0.1) is 25.6 Å². The van der Waals surface area contributed by atoms with Gasteiger partial charge in [-0.25, -0.2) is 0 Å². The fourth-order valence-electron chi connectivity index (χ4n) is 2.75. The van der Waals surface area contributed by atoms with Crippen LogP contribution in [0.3, 0.4) is 0 Å². The van der Waals surface area contributed by atoms with Crippen LogP contribution in [0.1, 0.15) is 29.6 Å². The molecule has 8 heteroatoms. The molecule has 1 aromatic rings. The third-order valence-electron chi connectivity index (χ3n) is 4.04. The van der Waals surface area contributed by atoms with E-state index in [4.69, 9.17) is 0 Å². The zero-order valence-corrected chi connectivity index (χ0v) is 14.3. The molecule has 1 N–H and O–H groups in total. The summed E-state index contributed by atoms with van der Waals surface area (Å²) in [6, 6.07) is 5.08. The first-order valence-electron chi connectivity index (χ1n) is 7.69. The molecule has 0 aromatic heterocycles. The summed E-state index contributed by atoms with van der Waals surface area (Å²) in [5.74, 6) is 0.157. The number of benzene rings is 1. The maximum atomic E-state index is 12.4. The van der Waals surface area contributed by atoms with Crippen LogP contribution in [-0.2, 0) is 0 Å². The van der Waals surface area contributed by atoms with Crippen molar-refractivity contribution in [2.75, 3.05) is 26.7 Å². The summed E-state index contributed by atoms with van der Waals surface area (Å²) < 4.78 is 40.1. The molecule has 1 heterocycles. The second-order valence-corrected chi connectivity index (χ2v) is 5.70. The third kappa shape index (κ3) is 6.20. The van der Waals surface area contributed by atoms with Crippen molar-refractivity contribution in [3.05, 3.63) is 29.8 Å². The second kappa shape index (κ2) is 9.13. The normalized spacial score (nSPS) is 15.8. The van der Waals surface area contributed by atoms with E-state index >= 15 is 0 Å². The lowest BCUT2D eigenvalue weighted by Gasteiger charge is -2.32. The van der Waals surface area contributed by atoms with E-state index in [1.54, 1.807) is 4.90 Å². The van der Waals surface area contributed by atoms with Gasteiger partial charge in [-0.2, -0.15) is 0 Å². The van der Waals surface area contributed by atoms with Gasteiger partial charge >= 0.3 is 6.36 Å². The largest absolute Gasteiger partial charge is 0.573 e. The number of ether oxygens (including phenoxy) is 1. The number of hydrogen-bond donors (Lipinski definition) is 1. The Morgan fingerprint density at radius 1 is 1.25 bits per heavy atom. The highest BCUT2D eigenvalue weighted by Gasteiger charge is 2.31. The Kier molecular flexibility index (Phi) is 7.83. The predicted octanol–water partition coefficient (Wildman–Crippen LogP) is 3.47. The zero-order valence-electron chi connectivity index (χ0n) is 13.4. The molecular formula is C16H22ClF3N2O2. The fourth-order valence-corrected chi connectivity index (χ4v) is 2.75. The Bertz CT molecular complexity index is 515. The highest BCUT2D eigenvalue weighted by atomic mass is 35.5. The highest BCUT2D eigenvalue weighted by Crippen LogP contribution is 2.24. The van der Waals surface area contributed by atoms with Crippen LogP contribution >= 0.6 is 12.4 Å². The number of carbonyl (C=O) groups is 1. The molecule has 0 saturated carbocycles. The molecule has 2 rings (SSSR count). The highest BCUT2D eigenvalue weighted by molar-refractivity contribution is 5.94. The summed E-state index contributed by atoms with van der Waals surface area (Å²) in [6.45, 7) is 2.35. The van der Waals surface area contributed by atoms with Gasteiger partial charge in [0.1, 0.15) is 5.75 Å². The summed E-state index contributed by atoms with van der Waals surface area (Å²) in [5.41, 5.74) is 0.383. The van der Waals surface area contributed by atoms with E-state index in [1.807, 2.05) is 7.05 Å². The molecule has 0 bridgehead atoms. The van der Waals surface area contributed by atoms with Crippen molar-refractivity contribution in [3.63, 3.8) is 0 Å². The van der Waals surface area contributed by atoms with Crippen LogP contribution in [0.2, 0.25) is 0 Å². The number of hydrogen-bond acceptors (Lipinski definition) is 3. The Labute approximate surface area is 145 Å². The second-order valence-electron chi connectivity index (χ2n) is 5.70. The van der Waals surface area contributed by atoms with Gasteiger partial charge in [-0.05, 0) is 63.0 Å². The molecular weight excluding hydrogens is 345 g/mol. The molecule has 0 spiro atoms. The molecule has 1 fully saturated rings.